The van der Waals surface area contributed by atoms with Crippen LogP contribution in [0.2, 0.25) is 0 Å². The summed E-state index contributed by atoms with van der Waals surface area (Å²) in [6, 6.07) is 16.3. The molecule has 0 N–H and O–H groups in total. The highest BCUT2D eigenvalue weighted by Crippen LogP contribution is 2.37. The number of nitrogens with zero attached hydrogens (tertiary/aromatic N) is 2. The third kappa shape index (κ3) is 3.54. The van der Waals surface area contributed by atoms with Crippen LogP contribution in [-0.2, 0) is 6.18 Å². The van der Waals surface area contributed by atoms with Gasteiger partial charge in [-0.15, -0.1) is 0 Å². The first-order chi connectivity index (χ1) is 13.3. The lowest BCUT2D eigenvalue weighted by molar-refractivity contribution is -0.137. The minimum Gasteiger partial charge on any atom is -0.310 e. The van der Waals surface area contributed by atoms with Gasteiger partial charge in [-0.25, -0.2) is 9.38 Å². The summed E-state index contributed by atoms with van der Waals surface area (Å²) in [4.78, 5) is 5.82. The molecule has 3 aromatic rings. The van der Waals surface area contributed by atoms with Gasteiger partial charge in [-0.2, -0.15) is 13.2 Å². The first-order valence-electron chi connectivity index (χ1n) is 8.20. The van der Waals surface area contributed by atoms with Crippen molar-refractivity contribution < 1.29 is 17.6 Å². The van der Waals surface area contributed by atoms with E-state index in [0.717, 1.165) is 16.6 Å². The first kappa shape index (κ1) is 18.7. The summed E-state index contributed by atoms with van der Waals surface area (Å²) >= 11 is 3.34. The van der Waals surface area contributed by atoms with E-state index < -0.39 is 17.6 Å². The van der Waals surface area contributed by atoms with Crippen molar-refractivity contribution in [2.75, 3.05) is 4.90 Å². The molecule has 2 nitrogen and oxygen atoms in total. The second-order valence-corrected chi connectivity index (χ2v) is 6.99. The van der Waals surface area contributed by atoms with E-state index >= 15 is 0 Å². The molecular formula is C21H11BrF4N2. The molecule has 1 aliphatic heterocycles. The quantitative estimate of drug-likeness (QED) is 0.405. The molecule has 0 saturated heterocycles. The third-order valence-corrected chi connectivity index (χ3v) is 4.71. The normalized spacial score (nSPS) is 13.9. The molecule has 2 radical (unpaired) electrons. The Morgan fingerprint density at radius 3 is 2.36 bits per heavy atom. The fourth-order valence-corrected chi connectivity index (χ4v) is 3.11. The van der Waals surface area contributed by atoms with E-state index in [-0.39, 0.29) is 17.2 Å². The number of hydrogen-bond donors (Lipinski definition) is 0. The van der Waals surface area contributed by atoms with Crippen LogP contribution in [0.15, 0.2) is 76.2 Å². The highest BCUT2D eigenvalue weighted by atomic mass is 79.9. The maximum absolute atomic E-state index is 14.3. The summed E-state index contributed by atoms with van der Waals surface area (Å²) in [6.07, 6.45) is -4.48. The van der Waals surface area contributed by atoms with Gasteiger partial charge in [-0.3, -0.25) is 0 Å². The molecule has 0 unspecified atom stereocenters. The van der Waals surface area contributed by atoms with E-state index in [1.165, 1.54) is 29.2 Å². The molecule has 140 valence electrons. The molecule has 28 heavy (non-hydrogen) atoms. The third-order valence-electron chi connectivity index (χ3n) is 4.18. The van der Waals surface area contributed by atoms with Gasteiger partial charge >= 0.3 is 6.18 Å². The Balaban J connectivity index is 1.87. The SMILES string of the molecule is Fc1cccc2c1N=C(c1ccc(Br)cc1)N(c1cccc(C(F)(F)F)c1)[C]2. The van der Waals surface area contributed by atoms with E-state index in [9.17, 15) is 17.6 Å². The Kier molecular flexibility index (Phi) is 4.71. The molecule has 1 heterocycles. The van der Waals surface area contributed by atoms with Crippen LogP contribution in [-0.4, -0.2) is 5.84 Å². The number of hydrogen-bond acceptors (Lipinski definition) is 2. The van der Waals surface area contributed by atoms with Crippen LogP contribution in [0, 0.1) is 12.4 Å². The minimum absolute atomic E-state index is 0.101. The van der Waals surface area contributed by atoms with Gasteiger partial charge < -0.3 is 4.90 Å². The van der Waals surface area contributed by atoms with E-state index in [0.29, 0.717) is 11.1 Å². The van der Waals surface area contributed by atoms with Crippen LogP contribution in [0.5, 0.6) is 0 Å². The zero-order valence-electron chi connectivity index (χ0n) is 14.1. The number of anilines is 1. The summed E-state index contributed by atoms with van der Waals surface area (Å²) in [5.41, 5.74) is 0.516. The van der Waals surface area contributed by atoms with E-state index in [2.05, 4.69) is 27.5 Å². The number of benzene rings is 3. The number of fused-ring (bicyclic) bond motifs is 1. The summed E-state index contributed by atoms with van der Waals surface area (Å²) < 4.78 is 54.6. The second kappa shape index (κ2) is 7.05. The minimum atomic E-state index is -4.48. The monoisotopic (exact) mass is 446 g/mol. The van der Waals surface area contributed by atoms with Gasteiger partial charge in [0.25, 0.3) is 0 Å². The van der Waals surface area contributed by atoms with Crippen molar-refractivity contribution in [3.8, 4) is 0 Å². The molecule has 0 aromatic heterocycles. The van der Waals surface area contributed by atoms with Gasteiger partial charge in [-0.1, -0.05) is 46.3 Å². The van der Waals surface area contributed by atoms with Crippen LogP contribution in [0.1, 0.15) is 16.7 Å². The largest absolute Gasteiger partial charge is 0.416 e. The van der Waals surface area contributed by atoms with Crippen molar-refractivity contribution in [3.05, 3.63) is 100 Å². The number of rotatable bonds is 2. The van der Waals surface area contributed by atoms with Crippen molar-refractivity contribution in [3.63, 3.8) is 0 Å². The van der Waals surface area contributed by atoms with Gasteiger partial charge in [0, 0.05) is 21.3 Å². The second-order valence-electron chi connectivity index (χ2n) is 6.07. The first-order valence-corrected chi connectivity index (χ1v) is 8.99. The van der Waals surface area contributed by atoms with Gasteiger partial charge in [0.1, 0.15) is 23.9 Å². The van der Waals surface area contributed by atoms with Crippen molar-refractivity contribution in [1.82, 2.24) is 0 Å². The van der Waals surface area contributed by atoms with E-state index in [1.807, 2.05) is 0 Å². The molecule has 0 saturated carbocycles. The van der Waals surface area contributed by atoms with Gasteiger partial charge in [0.05, 0.1) is 5.56 Å². The predicted molar refractivity (Wildman–Crippen MR) is 103 cm³/mol. The maximum atomic E-state index is 14.3. The lowest BCUT2D eigenvalue weighted by Gasteiger charge is -2.30. The Hall–Kier alpha value is -2.67. The van der Waals surface area contributed by atoms with Gasteiger partial charge in [0.2, 0.25) is 0 Å². The lowest BCUT2D eigenvalue weighted by atomic mass is 10.1. The molecular weight excluding hydrogens is 436 g/mol. The average molecular weight is 447 g/mol. The molecule has 0 spiro atoms. The number of amidine groups is 1. The van der Waals surface area contributed by atoms with Crippen molar-refractivity contribution in [1.29, 1.82) is 0 Å². The maximum Gasteiger partial charge on any atom is 0.416 e. The fraction of sp³-hybridized carbons (Fsp3) is 0.0476. The smallest absolute Gasteiger partial charge is 0.310 e. The Bertz CT molecular complexity index is 1060. The predicted octanol–water partition coefficient (Wildman–Crippen LogP) is 6.59. The van der Waals surface area contributed by atoms with Crippen LogP contribution < -0.4 is 4.90 Å². The molecule has 0 aliphatic carbocycles. The highest BCUT2D eigenvalue weighted by molar-refractivity contribution is 9.10. The number of para-hydroxylation sites is 1. The summed E-state index contributed by atoms with van der Waals surface area (Å²) in [5.74, 6) is -0.243. The van der Waals surface area contributed by atoms with Crippen molar-refractivity contribution in [2.45, 2.75) is 6.18 Å². The Morgan fingerprint density at radius 1 is 0.929 bits per heavy atom. The van der Waals surface area contributed by atoms with E-state index in [4.69, 9.17) is 0 Å². The molecule has 3 aromatic carbocycles. The number of alkyl halides is 3. The lowest BCUT2D eigenvalue weighted by Crippen LogP contribution is -2.32. The molecule has 0 atom stereocenters. The fourth-order valence-electron chi connectivity index (χ4n) is 2.85. The van der Waals surface area contributed by atoms with Crippen molar-refractivity contribution in [2.24, 2.45) is 4.99 Å². The van der Waals surface area contributed by atoms with Crippen LogP contribution in [0.4, 0.5) is 28.9 Å². The Labute approximate surface area is 167 Å². The number of aliphatic imine (C=N–C) groups is 1. The topological polar surface area (TPSA) is 15.6 Å². The molecule has 0 amide bonds. The molecule has 4 rings (SSSR count). The van der Waals surface area contributed by atoms with Gasteiger partial charge in [-0.05, 0) is 36.4 Å². The van der Waals surface area contributed by atoms with Crippen molar-refractivity contribution >= 4 is 33.1 Å². The number of halogens is 5. The summed E-state index contributed by atoms with van der Waals surface area (Å²) in [5, 5.41) is 0. The molecule has 1 aliphatic rings. The summed E-state index contributed by atoms with van der Waals surface area (Å²) in [7, 11) is 0. The van der Waals surface area contributed by atoms with Crippen LogP contribution in [0.3, 0.4) is 0 Å². The summed E-state index contributed by atoms with van der Waals surface area (Å²) in [6.45, 7) is 2.98. The zero-order chi connectivity index (χ0) is 19.9. The standard InChI is InChI=1S/C21H11BrF4N2/c22-16-9-7-13(8-10-16)20-27-19-14(3-1-6-18(19)23)12-28(20)17-5-2-4-15(11-17)21(24,25)26/h1-11H. The van der Waals surface area contributed by atoms with E-state index in [1.54, 1.807) is 30.3 Å². The average Bonchev–Trinajstić information content (AvgIpc) is 2.68. The molecule has 7 heteroatoms. The van der Waals surface area contributed by atoms with Crippen LogP contribution in [0.25, 0.3) is 0 Å². The molecule has 0 bridgehead atoms. The van der Waals surface area contributed by atoms with Crippen LogP contribution >= 0.6 is 15.9 Å². The zero-order valence-corrected chi connectivity index (χ0v) is 15.7. The molecule has 0 fully saturated rings. The highest BCUT2D eigenvalue weighted by Gasteiger charge is 2.32. The van der Waals surface area contributed by atoms with Gasteiger partial charge in [0.15, 0.2) is 0 Å². The Morgan fingerprint density at radius 2 is 1.64 bits per heavy atom.